The lowest BCUT2D eigenvalue weighted by Crippen LogP contribution is -2.48. The highest BCUT2D eigenvalue weighted by molar-refractivity contribution is 5.85. The number of nitriles is 1. The topological polar surface area (TPSA) is 52.9 Å². The summed E-state index contributed by atoms with van der Waals surface area (Å²) >= 11 is 0. The van der Waals surface area contributed by atoms with Crippen LogP contribution < -0.4 is 5.32 Å². The second-order valence-corrected chi connectivity index (χ2v) is 7.64. The second kappa shape index (κ2) is 7.38. The van der Waals surface area contributed by atoms with E-state index in [9.17, 15) is 10.1 Å². The fourth-order valence-electron chi connectivity index (χ4n) is 4.55. The van der Waals surface area contributed by atoms with Crippen molar-refractivity contribution in [3.63, 3.8) is 0 Å². The highest BCUT2D eigenvalue weighted by Gasteiger charge is 2.41. The van der Waals surface area contributed by atoms with Crippen LogP contribution in [0.1, 0.15) is 69.8 Å². The Morgan fingerprint density at radius 1 is 0.958 bits per heavy atom. The predicted octanol–water partition coefficient (Wildman–Crippen LogP) is 4.48. The molecule has 0 bridgehead atoms. The molecule has 0 heterocycles. The summed E-state index contributed by atoms with van der Waals surface area (Å²) in [5.74, 6) is -0.0365. The first kappa shape index (κ1) is 17.0. The highest BCUT2D eigenvalue weighted by Crippen LogP contribution is 2.40. The highest BCUT2D eigenvalue weighted by atomic mass is 16.2. The maximum atomic E-state index is 12.8. The van der Waals surface area contributed by atoms with E-state index in [1.54, 1.807) is 0 Å². The van der Waals surface area contributed by atoms with Gasteiger partial charge < -0.3 is 5.32 Å². The molecule has 3 heteroatoms. The van der Waals surface area contributed by atoms with Crippen LogP contribution in [0.15, 0.2) is 30.3 Å². The molecule has 128 valence electrons. The van der Waals surface area contributed by atoms with Crippen molar-refractivity contribution in [2.75, 3.05) is 6.54 Å². The van der Waals surface area contributed by atoms with E-state index in [0.29, 0.717) is 19.4 Å². The third-order valence-corrected chi connectivity index (χ3v) is 6.14. The normalized spacial score (nSPS) is 22.3. The Morgan fingerprint density at radius 3 is 2.12 bits per heavy atom. The molecule has 2 saturated carbocycles. The standard InChI is InChI=1S/C21H28N2O/c22-16-20(12-6-2-7-13-20)19(24)23-17-21(14-8-3-9-15-21)18-10-4-1-5-11-18/h1,4-5,10-11H,2-3,6-9,12-15,17H2,(H,23,24). The SMILES string of the molecule is N#CC1(C(=O)NCC2(c3ccccc3)CCCCC2)CCCCC1. The molecule has 1 amide bonds. The zero-order chi connectivity index (χ0) is 16.9. The number of hydrogen-bond donors (Lipinski definition) is 1. The Labute approximate surface area is 145 Å². The van der Waals surface area contributed by atoms with Crippen LogP contribution in [0.4, 0.5) is 0 Å². The summed E-state index contributed by atoms with van der Waals surface area (Å²) in [6.45, 7) is 0.666. The molecule has 0 aromatic heterocycles. The van der Waals surface area contributed by atoms with Gasteiger partial charge in [0.25, 0.3) is 0 Å². The fraction of sp³-hybridized carbons (Fsp3) is 0.619. The number of benzene rings is 1. The van der Waals surface area contributed by atoms with E-state index in [1.165, 1.54) is 24.8 Å². The minimum atomic E-state index is -0.787. The average molecular weight is 324 g/mol. The molecule has 0 aliphatic heterocycles. The summed E-state index contributed by atoms with van der Waals surface area (Å²) in [4.78, 5) is 12.8. The first-order valence-electron chi connectivity index (χ1n) is 9.46. The van der Waals surface area contributed by atoms with Crippen molar-refractivity contribution in [2.24, 2.45) is 5.41 Å². The van der Waals surface area contributed by atoms with E-state index in [0.717, 1.165) is 32.1 Å². The van der Waals surface area contributed by atoms with Crippen LogP contribution >= 0.6 is 0 Å². The molecular weight excluding hydrogens is 296 g/mol. The number of rotatable bonds is 4. The van der Waals surface area contributed by atoms with Gasteiger partial charge in [-0.3, -0.25) is 4.79 Å². The van der Waals surface area contributed by atoms with Crippen LogP contribution in [-0.2, 0) is 10.2 Å². The summed E-state index contributed by atoms with van der Waals surface area (Å²) in [5, 5.41) is 12.8. The fourth-order valence-corrected chi connectivity index (χ4v) is 4.55. The van der Waals surface area contributed by atoms with Gasteiger partial charge in [0.1, 0.15) is 5.41 Å². The van der Waals surface area contributed by atoms with Gasteiger partial charge in [0.15, 0.2) is 0 Å². The lowest BCUT2D eigenvalue weighted by atomic mass is 9.69. The van der Waals surface area contributed by atoms with Gasteiger partial charge in [0.2, 0.25) is 5.91 Å². The zero-order valence-electron chi connectivity index (χ0n) is 14.5. The molecule has 0 unspecified atom stereocenters. The molecule has 24 heavy (non-hydrogen) atoms. The molecule has 2 aliphatic rings. The van der Waals surface area contributed by atoms with E-state index >= 15 is 0 Å². The minimum Gasteiger partial charge on any atom is -0.354 e. The van der Waals surface area contributed by atoms with Gasteiger partial charge in [-0.25, -0.2) is 0 Å². The Morgan fingerprint density at radius 2 is 1.54 bits per heavy atom. The van der Waals surface area contributed by atoms with Crippen LogP contribution in [0.5, 0.6) is 0 Å². The Balaban J connectivity index is 1.74. The van der Waals surface area contributed by atoms with Crippen molar-refractivity contribution in [2.45, 2.75) is 69.6 Å². The van der Waals surface area contributed by atoms with Gasteiger partial charge >= 0.3 is 0 Å². The largest absolute Gasteiger partial charge is 0.354 e. The Hall–Kier alpha value is -1.82. The van der Waals surface area contributed by atoms with Gasteiger partial charge in [-0.2, -0.15) is 5.26 Å². The minimum absolute atomic E-state index is 0.0365. The lowest BCUT2D eigenvalue weighted by molar-refractivity contribution is -0.130. The van der Waals surface area contributed by atoms with Crippen LogP contribution in [-0.4, -0.2) is 12.5 Å². The quantitative estimate of drug-likeness (QED) is 0.888. The summed E-state index contributed by atoms with van der Waals surface area (Å²) in [5.41, 5.74) is 0.588. The number of carbonyl (C=O) groups excluding carboxylic acids is 1. The summed E-state index contributed by atoms with van der Waals surface area (Å²) in [6, 6.07) is 13.0. The molecule has 1 aromatic rings. The van der Waals surface area contributed by atoms with Gasteiger partial charge in [-0.15, -0.1) is 0 Å². The van der Waals surface area contributed by atoms with Crippen LogP contribution in [0, 0.1) is 16.7 Å². The third kappa shape index (κ3) is 3.34. The van der Waals surface area contributed by atoms with Crippen molar-refractivity contribution in [1.82, 2.24) is 5.32 Å². The molecule has 2 aliphatic carbocycles. The van der Waals surface area contributed by atoms with E-state index < -0.39 is 5.41 Å². The molecule has 0 atom stereocenters. The molecule has 3 nitrogen and oxygen atoms in total. The molecule has 2 fully saturated rings. The van der Waals surface area contributed by atoms with E-state index in [1.807, 2.05) is 6.07 Å². The van der Waals surface area contributed by atoms with E-state index in [-0.39, 0.29) is 11.3 Å². The van der Waals surface area contributed by atoms with Gasteiger partial charge in [-0.1, -0.05) is 68.9 Å². The number of amides is 1. The number of nitrogens with zero attached hydrogens (tertiary/aromatic N) is 1. The molecular formula is C21H28N2O. The first-order chi connectivity index (χ1) is 11.7. The number of hydrogen-bond acceptors (Lipinski definition) is 2. The molecule has 3 rings (SSSR count). The summed E-state index contributed by atoms with van der Waals surface area (Å²) in [7, 11) is 0. The van der Waals surface area contributed by atoms with Crippen molar-refractivity contribution in [3.8, 4) is 6.07 Å². The Kier molecular flexibility index (Phi) is 5.23. The Bertz CT molecular complexity index is 590. The van der Waals surface area contributed by atoms with Crippen LogP contribution in [0.25, 0.3) is 0 Å². The van der Waals surface area contributed by atoms with Gasteiger partial charge in [0, 0.05) is 12.0 Å². The predicted molar refractivity (Wildman–Crippen MR) is 95.3 cm³/mol. The smallest absolute Gasteiger partial charge is 0.240 e. The second-order valence-electron chi connectivity index (χ2n) is 7.64. The van der Waals surface area contributed by atoms with E-state index in [2.05, 4.69) is 35.7 Å². The van der Waals surface area contributed by atoms with Crippen molar-refractivity contribution in [1.29, 1.82) is 5.26 Å². The molecule has 1 N–H and O–H groups in total. The van der Waals surface area contributed by atoms with Crippen LogP contribution in [0.3, 0.4) is 0 Å². The maximum absolute atomic E-state index is 12.8. The number of carbonyl (C=O) groups is 1. The van der Waals surface area contributed by atoms with E-state index in [4.69, 9.17) is 0 Å². The first-order valence-corrected chi connectivity index (χ1v) is 9.46. The third-order valence-electron chi connectivity index (χ3n) is 6.14. The van der Waals surface area contributed by atoms with Crippen molar-refractivity contribution < 1.29 is 4.79 Å². The molecule has 0 saturated heterocycles. The summed E-state index contributed by atoms with van der Waals surface area (Å²) in [6.07, 6.45) is 10.5. The van der Waals surface area contributed by atoms with Crippen molar-refractivity contribution in [3.05, 3.63) is 35.9 Å². The zero-order valence-corrected chi connectivity index (χ0v) is 14.5. The monoisotopic (exact) mass is 324 g/mol. The molecule has 0 radical (unpaired) electrons. The van der Waals surface area contributed by atoms with Crippen molar-refractivity contribution >= 4 is 5.91 Å². The lowest BCUT2D eigenvalue weighted by Gasteiger charge is -2.39. The van der Waals surface area contributed by atoms with Gasteiger partial charge in [0.05, 0.1) is 6.07 Å². The maximum Gasteiger partial charge on any atom is 0.240 e. The molecule has 0 spiro atoms. The molecule has 1 aromatic carbocycles. The van der Waals surface area contributed by atoms with Crippen LogP contribution in [0.2, 0.25) is 0 Å². The number of nitrogens with one attached hydrogen (secondary N) is 1. The average Bonchev–Trinajstić information content (AvgIpc) is 2.68. The summed E-state index contributed by atoms with van der Waals surface area (Å²) < 4.78 is 0. The van der Waals surface area contributed by atoms with Gasteiger partial charge in [-0.05, 0) is 31.2 Å².